The summed E-state index contributed by atoms with van der Waals surface area (Å²) in [4.78, 5) is 12.4. The molecule has 2 fully saturated rings. The summed E-state index contributed by atoms with van der Waals surface area (Å²) in [6.45, 7) is 1.62. The Morgan fingerprint density at radius 2 is 2.33 bits per heavy atom. The zero-order valence-electron chi connectivity index (χ0n) is 13.1. The zero-order valence-corrected chi connectivity index (χ0v) is 13.1. The second-order valence-electron chi connectivity index (χ2n) is 6.58. The number of aromatic amines is 1. The highest BCUT2D eigenvalue weighted by atomic mass is 19.3. The van der Waals surface area contributed by atoms with Crippen LogP contribution in [0.5, 0.6) is 0 Å². The van der Waals surface area contributed by atoms with Gasteiger partial charge in [-0.1, -0.05) is 12.8 Å². The SMILES string of the molecule is Cc1oc(-c2nn[nH]n2)cc1C(=O)NCC12CCCCC1C2(F)F. The monoisotopic (exact) mass is 337 g/mol. The summed E-state index contributed by atoms with van der Waals surface area (Å²) in [5.41, 5.74) is -0.766. The first-order valence-corrected chi connectivity index (χ1v) is 7.96. The number of nitrogens with one attached hydrogen (secondary N) is 2. The third-order valence-corrected chi connectivity index (χ3v) is 5.34. The van der Waals surface area contributed by atoms with Gasteiger partial charge in [-0.05, 0) is 25.0 Å². The molecule has 2 aromatic heterocycles. The van der Waals surface area contributed by atoms with Crippen molar-refractivity contribution >= 4 is 5.91 Å². The number of alkyl halides is 2. The van der Waals surface area contributed by atoms with E-state index in [9.17, 15) is 13.6 Å². The average molecular weight is 337 g/mol. The normalized spacial score (nSPS) is 27.5. The van der Waals surface area contributed by atoms with E-state index in [1.807, 2.05) is 0 Å². The highest BCUT2D eigenvalue weighted by molar-refractivity contribution is 5.96. The van der Waals surface area contributed by atoms with Gasteiger partial charge in [-0.25, -0.2) is 8.78 Å². The molecule has 2 heterocycles. The van der Waals surface area contributed by atoms with Gasteiger partial charge in [-0.2, -0.15) is 5.21 Å². The number of H-pyrrole nitrogens is 1. The summed E-state index contributed by atoms with van der Waals surface area (Å²) in [5, 5.41) is 16.0. The number of hydrogen-bond acceptors (Lipinski definition) is 5. The van der Waals surface area contributed by atoms with Gasteiger partial charge in [-0.3, -0.25) is 4.79 Å². The van der Waals surface area contributed by atoms with Gasteiger partial charge in [0, 0.05) is 18.5 Å². The topological polar surface area (TPSA) is 96.7 Å². The molecule has 24 heavy (non-hydrogen) atoms. The molecular weight excluding hydrogens is 320 g/mol. The zero-order chi connectivity index (χ0) is 16.9. The van der Waals surface area contributed by atoms with Gasteiger partial charge in [0.2, 0.25) is 5.82 Å². The Bertz CT molecular complexity index is 773. The maximum atomic E-state index is 14.1. The Kier molecular flexibility index (Phi) is 3.23. The fraction of sp³-hybridized carbons (Fsp3) is 0.600. The van der Waals surface area contributed by atoms with E-state index in [0.717, 1.165) is 12.8 Å². The second-order valence-corrected chi connectivity index (χ2v) is 6.58. The largest absolute Gasteiger partial charge is 0.457 e. The molecule has 0 bridgehead atoms. The van der Waals surface area contributed by atoms with Crippen LogP contribution < -0.4 is 5.32 Å². The Morgan fingerprint density at radius 1 is 1.50 bits per heavy atom. The number of carbonyl (C=O) groups is 1. The minimum atomic E-state index is -2.67. The van der Waals surface area contributed by atoms with E-state index in [2.05, 4.69) is 25.9 Å². The molecule has 2 N–H and O–H groups in total. The molecule has 9 heteroatoms. The predicted octanol–water partition coefficient (Wildman–Crippen LogP) is 2.32. The smallest absolute Gasteiger partial charge is 0.259 e. The molecule has 0 aromatic carbocycles. The number of tetrazole rings is 1. The molecule has 2 saturated carbocycles. The maximum absolute atomic E-state index is 14.1. The van der Waals surface area contributed by atoms with E-state index < -0.39 is 23.2 Å². The molecule has 4 rings (SSSR count). The van der Waals surface area contributed by atoms with E-state index in [1.54, 1.807) is 6.92 Å². The van der Waals surface area contributed by atoms with Crippen LogP contribution in [0.2, 0.25) is 0 Å². The van der Waals surface area contributed by atoms with Gasteiger partial charge in [0.05, 0.1) is 11.0 Å². The van der Waals surface area contributed by atoms with Gasteiger partial charge in [0.25, 0.3) is 11.8 Å². The molecule has 2 aromatic rings. The molecule has 7 nitrogen and oxygen atoms in total. The minimum Gasteiger partial charge on any atom is -0.457 e. The van der Waals surface area contributed by atoms with Crippen LogP contribution in [0, 0.1) is 18.3 Å². The fourth-order valence-electron chi connectivity index (χ4n) is 3.93. The van der Waals surface area contributed by atoms with E-state index in [1.165, 1.54) is 6.07 Å². The highest BCUT2D eigenvalue weighted by Crippen LogP contribution is 2.71. The van der Waals surface area contributed by atoms with Gasteiger partial charge >= 0.3 is 0 Å². The Labute approximate surface area is 136 Å². The summed E-state index contributed by atoms with van der Waals surface area (Å²) in [6.07, 6.45) is 2.62. The van der Waals surface area contributed by atoms with Crippen molar-refractivity contribution in [1.82, 2.24) is 25.9 Å². The number of amides is 1. The summed E-state index contributed by atoms with van der Waals surface area (Å²) in [7, 11) is 0. The molecule has 2 aliphatic carbocycles. The predicted molar refractivity (Wildman–Crippen MR) is 78.3 cm³/mol. The van der Waals surface area contributed by atoms with Crippen LogP contribution in [0.15, 0.2) is 10.5 Å². The van der Waals surface area contributed by atoms with Crippen LogP contribution in [0.1, 0.15) is 41.8 Å². The first kappa shape index (κ1) is 15.2. The van der Waals surface area contributed by atoms with Crippen molar-refractivity contribution in [2.45, 2.75) is 38.5 Å². The summed E-state index contributed by atoms with van der Waals surface area (Å²) in [5.74, 6) is -2.77. The number of fused-ring (bicyclic) bond motifs is 1. The second kappa shape index (κ2) is 5.09. The van der Waals surface area contributed by atoms with Gasteiger partial charge in [-0.15, -0.1) is 10.2 Å². The van der Waals surface area contributed by atoms with Crippen molar-refractivity contribution in [2.75, 3.05) is 6.54 Å². The average Bonchev–Trinajstić information content (AvgIpc) is 3.03. The van der Waals surface area contributed by atoms with Crippen LogP contribution in [0.4, 0.5) is 8.78 Å². The molecule has 0 radical (unpaired) electrons. The maximum Gasteiger partial charge on any atom is 0.259 e. The van der Waals surface area contributed by atoms with Crippen LogP contribution in [-0.4, -0.2) is 39.0 Å². The lowest BCUT2D eigenvalue weighted by Crippen LogP contribution is -2.34. The molecular formula is C15H17F2N5O2. The van der Waals surface area contributed by atoms with Crippen LogP contribution in [0.3, 0.4) is 0 Å². The highest BCUT2D eigenvalue weighted by Gasteiger charge is 2.79. The standard InChI is InChI=1S/C15H17F2N5O2/c1-8-9(6-10(24-8)12-19-21-22-20-12)13(23)18-7-14-5-3-2-4-11(14)15(14,16)17/h6,11H,2-5,7H2,1H3,(H,18,23)(H,19,20,21,22). The van der Waals surface area contributed by atoms with Crippen LogP contribution in [-0.2, 0) is 0 Å². The Morgan fingerprint density at radius 3 is 3.04 bits per heavy atom. The first-order valence-electron chi connectivity index (χ1n) is 7.96. The van der Waals surface area contributed by atoms with Crippen molar-refractivity contribution in [3.63, 3.8) is 0 Å². The third kappa shape index (κ3) is 2.06. The van der Waals surface area contributed by atoms with Gasteiger partial charge in [0.1, 0.15) is 5.76 Å². The lowest BCUT2D eigenvalue weighted by atomic mass is 9.88. The summed E-state index contributed by atoms with van der Waals surface area (Å²) >= 11 is 0. The number of hydrogen-bond donors (Lipinski definition) is 2. The molecule has 0 aliphatic heterocycles. The Balaban J connectivity index is 1.48. The molecule has 2 aliphatic rings. The molecule has 128 valence electrons. The van der Waals surface area contributed by atoms with Crippen molar-refractivity contribution in [3.8, 4) is 11.6 Å². The van der Waals surface area contributed by atoms with Crippen molar-refractivity contribution in [3.05, 3.63) is 17.4 Å². The summed E-state index contributed by atoms with van der Waals surface area (Å²) < 4.78 is 33.6. The molecule has 1 amide bonds. The number of furan rings is 1. The number of aryl methyl sites for hydroxylation is 1. The van der Waals surface area contributed by atoms with E-state index in [4.69, 9.17) is 4.42 Å². The molecule has 0 saturated heterocycles. The van der Waals surface area contributed by atoms with Crippen molar-refractivity contribution < 1.29 is 18.0 Å². The van der Waals surface area contributed by atoms with Gasteiger partial charge in [0.15, 0.2) is 5.76 Å². The fourth-order valence-corrected chi connectivity index (χ4v) is 3.93. The third-order valence-electron chi connectivity index (χ3n) is 5.34. The number of nitrogens with zero attached hydrogens (tertiary/aromatic N) is 3. The van der Waals surface area contributed by atoms with E-state index in [-0.39, 0.29) is 12.4 Å². The van der Waals surface area contributed by atoms with Crippen molar-refractivity contribution in [1.29, 1.82) is 0 Å². The minimum absolute atomic E-state index is 0.00827. The number of carbonyl (C=O) groups excluding carboxylic acids is 1. The van der Waals surface area contributed by atoms with E-state index in [0.29, 0.717) is 29.9 Å². The quantitative estimate of drug-likeness (QED) is 0.892. The van der Waals surface area contributed by atoms with Crippen LogP contribution >= 0.6 is 0 Å². The Hall–Kier alpha value is -2.32. The first-order chi connectivity index (χ1) is 11.5. The summed E-state index contributed by atoms with van der Waals surface area (Å²) in [6, 6.07) is 1.50. The van der Waals surface area contributed by atoms with E-state index >= 15 is 0 Å². The lowest BCUT2D eigenvalue weighted by molar-refractivity contribution is 0.0553. The van der Waals surface area contributed by atoms with Crippen LogP contribution in [0.25, 0.3) is 11.6 Å². The molecule has 2 atom stereocenters. The number of aromatic nitrogens is 4. The molecule has 0 spiro atoms. The lowest BCUT2D eigenvalue weighted by Gasteiger charge is -2.20. The van der Waals surface area contributed by atoms with Crippen molar-refractivity contribution in [2.24, 2.45) is 11.3 Å². The molecule has 2 unspecified atom stereocenters. The number of halogens is 2. The van der Waals surface area contributed by atoms with Gasteiger partial charge < -0.3 is 9.73 Å². The number of rotatable bonds is 4.